The maximum atomic E-state index is 11.6. The van der Waals surface area contributed by atoms with Crippen LogP contribution in [0.2, 0.25) is 0 Å². The van der Waals surface area contributed by atoms with Crippen LogP contribution in [0, 0.1) is 0 Å². The van der Waals surface area contributed by atoms with Crippen molar-refractivity contribution in [3.8, 4) is 0 Å². The fraction of sp³-hybridized carbons (Fsp3) is 0.909. The maximum absolute atomic E-state index is 11.6. The van der Waals surface area contributed by atoms with Crippen molar-refractivity contribution >= 4 is 5.91 Å². The second-order valence-electron chi connectivity index (χ2n) is 4.70. The molecule has 1 aliphatic heterocycles. The van der Waals surface area contributed by atoms with Crippen molar-refractivity contribution in [1.29, 1.82) is 0 Å². The Hall–Kier alpha value is -0.650. The number of amides is 1. The van der Waals surface area contributed by atoms with E-state index < -0.39 is 5.60 Å². The second-order valence-corrected chi connectivity index (χ2v) is 4.70. The Balaban J connectivity index is 2.42. The van der Waals surface area contributed by atoms with Crippen molar-refractivity contribution in [2.24, 2.45) is 0 Å². The molecule has 16 heavy (non-hydrogen) atoms. The monoisotopic (exact) mass is 230 g/mol. The molecule has 5 nitrogen and oxygen atoms in total. The molecule has 1 aliphatic rings. The minimum absolute atomic E-state index is 0.00942. The van der Waals surface area contributed by atoms with Crippen LogP contribution in [0.1, 0.15) is 20.3 Å². The molecule has 1 rings (SSSR count). The van der Waals surface area contributed by atoms with Crippen molar-refractivity contribution < 1.29 is 14.6 Å². The van der Waals surface area contributed by atoms with Crippen molar-refractivity contribution in [3.05, 3.63) is 0 Å². The molecule has 1 fully saturated rings. The Labute approximate surface area is 96.8 Å². The number of carbonyl (C=O) groups is 1. The molecular weight excluding hydrogens is 208 g/mol. The Bertz CT molecular complexity index is 258. The zero-order valence-electron chi connectivity index (χ0n) is 10.5. The lowest BCUT2D eigenvalue weighted by Gasteiger charge is -2.28. The van der Waals surface area contributed by atoms with E-state index in [4.69, 9.17) is 4.74 Å². The van der Waals surface area contributed by atoms with Gasteiger partial charge in [-0.3, -0.25) is 4.79 Å². The van der Waals surface area contributed by atoms with E-state index in [-0.39, 0.29) is 18.1 Å². The van der Waals surface area contributed by atoms with Gasteiger partial charge in [-0.2, -0.15) is 0 Å². The van der Waals surface area contributed by atoms with Gasteiger partial charge in [0.25, 0.3) is 0 Å². The van der Waals surface area contributed by atoms with Gasteiger partial charge in [0, 0.05) is 33.7 Å². The lowest BCUT2D eigenvalue weighted by Crippen LogP contribution is -2.51. The van der Waals surface area contributed by atoms with E-state index in [1.165, 1.54) is 4.90 Å². The normalized spacial score (nSPS) is 31.4. The first-order valence-corrected chi connectivity index (χ1v) is 5.65. The summed E-state index contributed by atoms with van der Waals surface area (Å²) in [4.78, 5) is 13.1. The maximum Gasteiger partial charge on any atom is 0.238 e. The summed E-state index contributed by atoms with van der Waals surface area (Å²) in [5.41, 5.74) is -0.846. The number of carbonyl (C=O) groups excluding carboxylic acids is 1. The molecule has 0 bridgehead atoms. The lowest BCUT2D eigenvalue weighted by atomic mass is 9.96. The topological polar surface area (TPSA) is 61.8 Å². The fourth-order valence-corrected chi connectivity index (χ4v) is 1.81. The van der Waals surface area contributed by atoms with Gasteiger partial charge in [-0.15, -0.1) is 0 Å². The number of ether oxygens (including phenoxy) is 1. The van der Waals surface area contributed by atoms with Gasteiger partial charge in [0.2, 0.25) is 5.91 Å². The largest absolute Gasteiger partial charge is 0.386 e. The first kappa shape index (κ1) is 13.4. The number of hydrogen-bond donors (Lipinski definition) is 2. The highest BCUT2D eigenvalue weighted by atomic mass is 16.5. The number of nitrogens with zero attached hydrogens (tertiary/aromatic N) is 1. The number of likely N-dealkylation sites (N-methyl/N-ethyl adjacent to an activating group) is 1. The fourth-order valence-electron chi connectivity index (χ4n) is 1.81. The molecule has 0 aromatic heterocycles. The van der Waals surface area contributed by atoms with E-state index in [9.17, 15) is 9.90 Å². The standard InChI is InChI=1S/C11H22N2O3/c1-8(10(14)13(3)4)12-7-11(15)5-6-16-9(11)2/h8-9,12,15H,5-7H2,1-4H3. The van der Waals surface area contributed by atoms with Crippen molar-refractivity contribution in [2.75, 3.05) is 27.2 Å². The quantitative estimate of drug-likeness (QED) is 0.689. The molecule has 3 atom stereocenters. The van der Waals surface area contributed by atoms with Gasteiger partial charge in [-0.1, -0.05) is 0 Å². The summed E-state index contributed by atoms with van der Waals surface area (Å²) in [7, 11) is 3.44. The summed E-state index contributed by atoms with van der Waals surface area (Å²) < 4.78 is 5.32. The van der Waals surface area contributed by atoms with Gasteiger partial charge in [0.05, 0.1) is 12.1 Å². The highest BCUT2D eigenvalue weighted by Gasteiger charge is 2.39. The third-order valence-corrected chi connectivity index (χ3v) is 3.19. The Morgan fingerprint density at radius 3 is 2.75 bits per heavy atom. The smallest absolute Gasteiger partial charge is 0.238 e. The number of aliphatic hydroxyl groups is 1. The summed E-state index contributed by atoms with van der Waals surface area (Å²) in [5, 5.41) is 13.3. The van der Waals surface area contributed by atoms with E-state index in [1.54, 1.807) is 21.0 Å². The van der Waals surface area contributed by atoms with E-state index in [2.05, 4.69) is 5.32 Å². The van der Waals surface area contributed by atoms with Crippen LogP contribution in [0.4, 0.5) is 0 Å². The van der Waals surface area contributed by atoms with Crippen LogP contribution in [0.25, 0.3) is 0 Å². The summed E-state index contributed by atoms with van der Waals surface area (Å²) in [6.07, 6.45) is 0.436. The minimum Gasteiger partial charge on any atom is -0.386 e. The molecule has 0 aliphatic carbocycles. The highest BCUT2D eigenvalue weighted by molar-refractivity contribution is 5.80. The van der Waals surface area contributed by atoms with Crippen LogP contribution in [-0.4, -0.2) is 60.9 Å². The molecule has 1 saturated heterocycles. The average molecular weight is 230 g/mol. The Kier molecular flexibility index (Phi) is 4.29. The van der Waals surface area contributed by atoms with Crippen LogP contribution in [0.15, 0.2) is 0 Å². The third kappa shape index (κ3) is 2.93. The van der Waals surface area contributed by atoms with Gasteiger partial charge >= 0.3 is 0 Å². The van der Waals surface area contributed by atoms with Gasteiger partial charge in [-0.25, -0.2) is 0 Å². The zero-order chi connectivity index (χ0) is 12.3. The molecule has 1 heterocycles. The van der Waals surface area contributed by atoms with E-state index in [1.807, 2.05) is 6.92 Å². The predicted octanol–water partition coefficient (Wildman–Crippen LogP) is -0.407. The molecule has 5 heteroatoms. The molecule has 94 valence electrons. The van der Waals surface area contributed by atoms with E-state index in [0.29, 0.717) is 19.6 Å². The summed E-state index contributed by atoms with van der Waals surface area (Å²) in [5.74, 6) is 0.00942. The third-order valence-electron chi connectivity index (χ3n) is 3.19. The predicted molar refractivity (Wildman–Crippen MR) is 61.1 cm³/mol. The number of hydrogen-bond acceptors (Lipinski definition) is 4. The van der Waals surface area contributed by atoms with Crippen LogP contribution >= 0.6 is 0 Å². The lowest BCUT2D eigenvalue weighted by molar-refractivity contribution is -0.130. The summed E-state index contributed by atoms with van der Waals surface area (Å²) >= 11 is 0. The van der Waals surface area contributed by atoms with Gasteiger partial charge in [-0.05, 0) is 13.8 Å². The summed E-state index contributed by atoms with van der Waals surface area (Å²) in [6, 6.07) is -0.285. The molecule has 0 saturated carbocycles. The van der Waals surface area contributed by atoms with E-state index >= 15 is 0 Å². The first-order valence-electron chi connectivity index (χ1n) is 5.65. The molecule has 0 aromatic rings. The van der Waals surface area contributed by atoms with Crippen LogP contribution < -0.4 is 5.32 Å². The van der Waals surface area contributed by atoms with Gasteiger partial charge < -0.3 is 20.1 Å². The molecule has 0 aromatic carbocycles. The van der Waals surface area contributed by atoms with Gasteiger partial charge in [0.1, 0.15) is 5.60 Å². The molecule has 0 spiro atoms. The van der Waals surface area contributed by atoms with Crippen molar-refractivity contribution in [1.82, 2.24) is 10.2 Å². The van der Waals surface area contributed by atoms with Crippen LogP contribution in [0.5, 0.6) is 0 Å². The Morgan fingerprint density at radius 2 is 2.31 bits per heavy atom. The highest BCUT2D eigenvalue weighted by Crippen LogP contribution is 2.24. The molecule has 2 N–H and O–H groups in total. The number of nitrogens with one attached hydrogen (secondary N) is 1. The minimum atomic E-state index is -0.846. The van der Waals surface area contributed by atoms with Crippen LogP contribution in [0.3, 0.4) is 0 Å². The first-order chi connectivity index (χ1) is 7.37. The van der Waals surface area contributed by atoms with Gasteiger partial charge in [0.15, 0.2) is 0 Å². The van der Waals surface area contributed by atoms with Crippen molar-refractivity contribution in [2.45, 2.75) is 38.0 Å². The zero-order valence-corrected chi connectivity index (χ0v) is 10.5. The molecular formula is C11H22N2O3. The molecule has 1 amide bonds. The number of rotatable bonds is 4. The molecule has 0 radical (unpaired) electrons. The summed E-state index contributed by atoms with van der Waals surface area (Å²) in [6.45, 7) is 4.61. The SMILES string of the molecule is CC(NCC1(O)CCOC1C)C(=O)N(C)C. The molecule has 3 unspecified atom stereocenters. The van der Waals surface area contributed by atoms with Crippen molar-refractivity contribution in [3.63, 3.8) is 0 Å². The second kappa shape index (κ2) is 5.12. The average Bonchev–Trinajstić information content (AvgIpc) is 2.55. The van der Waals surface area contributed by atoms with Crippen LogP contribution in [-0.2, 0) is 9.53 Å². The Morgan fingerprint density at radius 1 is 1.69 bits per heavy atom. The van der Waals surface area contributed by atoms with E-state index in [0.717, 1.165) is 0 Å².